The molecule has 31 heavy (non-hydrogen) atoms. The third-order valence-corrected chi connectivity index (χ3v) is 5.79. The van der Waals surface area contributed by atoms with Gasteiger partial charge in [-0.1, -0.05) is 37.6 Å². The van der Waals surface area contributed by atoms with Gasteiger partial charge in [0.1, 0.15) is 0 Å². The highest BCUT2D eigenvalue weighted by molar-refractivity contribution is 6.39. The molecule has 1 saturated heterocycles. The van der Waals surface area contributed by atoms with E-state index >= 15 is 0 Å². The molecule has 7 heteroatoms. The molecule has 1 heterocycles. The van der Waals surface area contributed by atoms with E-state index in [1.165, 1.54) is 11.3 Å². The minimum Gasteiger partial charge on any atom is -0.369 e. The number of amides is 2. The topological polar surface area (TPSA) is 64.7 Å². The Morgan fingerprint density at radius 3 is 2.19 bits per heavy atom. The van der Waals surface area contributed by atoms with Crippen LogP contribution in [-0.4, -0.2) is 56.0 Å². The van der Waals surface area contributed by atoms with Crippen LogP contribution in [-0.2, 0) is 9.59 Å². The number of halogens is 1. The molecular formula is C24H31ClN4O2. The second kappa shape index (κ2) is 11.2. The number of rotatable bonds is 7. The van der Waals surface area contributed by atoms with Crippen LogP contribution in [0.1, 0.15) is 31.7 Å². The van der Waals surface area contributed by atoms with Gasteiger partial charge in [0.25, 0.3) is 0 Å². The lowest BCUT2D eigenvalue weighted by Gasteiger charge is -2.36. The van der Waals surface area contributed by atoms with E-state index in [9.17, 15) is 9.59 Å². The van der Waals surface area contributed by atoms with Gasteiger partial charge in [0.15, 0.2) is 0 Å². The van der Waals surface area contributed by atoms with E-state index in [0.717, 1.165) is 44.2 Å². The first-order valence-corrected chi connectivity index (χ1v) is 11.2. The summed E-state index contributed by atoms with van der Waals surface area (Å²) in [4.78, 5) is 28.9. The Bertz CT molecular complexity index is 860. The SMILES string of the molecule is CC(C)c1ccc(NC(=O)C(=O)NCCCN2CCN(c3ccc(Cl)cc3)CC2)cc1. The fourth-order valence-electron chi connectivity index (χ4n) is 3.61. The van der Waals surface area contributed by atoms with E-state index in [2.05, 4.69) is 46.4 Å². The van der Waals surface area contributed by atoms with E-state index < -0.39 is 11.8 Å². The number of piperazine rings is 1. The summed E-state index contributed by atoms with van der Waals surface area (Å²) in [6.45, 7) is 9.48. The minimum atomic E-state index is -0.631. The number of hydrogen-bond donors (Lipinski definition) is 2. The van der Waals surface area contributed by atoms with Crippen molar-refractivity contribution in [2.75, 3.05) is 49.5 Å². The molecule has 6 nitrogen and oxygen atoms in total. The maximum Gasteiger partial charge on any atom is 0.313 e. The monoisotopic (exact) mass is 442 g/mol. The zero-order valence-electron chi connectivity index (χ0n) is 18.2. The van der Waals surface area contributed by atoms with Gasteiger partial charge in [-0.25, -0.2) is 0 Å². The Labute approximate surface area is 189 Å². The zero-order valence-corrected chi connectivity index (χ0v) is 19.0. The molecule has 0 unspecified atom stereocenters. The number of benzene rings is 2. The van der Waals surface area contributed by atoms with E-state index in [-0.39, 0.29) is 0 Å². The number of carbonyl (C=O) groups excluding carboxylic acids is 2. The molecule has 1 fully saturated rings. The zero-order chi connectivity index (χ0) is 22.2. The largest absolute Gasteiger partial charge is 0.369 e. The molecule has 0 aromatic heterocycles. The fraction of sp³-hybridized carbons (Fsp3) is 0.417. The van der Waals surface area contributed by atoms with Crippen LogP contribution in [0.5, 0.6) is 0 Å². The molecule has 0 bridgehead atoms. The number of nitrogens with one attached hydrogen (secondary N) is 2. The van der Waals surface area contributed by atoms with Crippen molar-refractivity contribution in [2.45, 2.75) is 26.2 Å². The van der Waals surface area contributed by atoms with E-state index in [4.69, 9.17) is 11.6 Å². The maximum atomic E-state index is 12.1. The highest BCUT2D eigenvalue weighted by Crippen LogP contribution is 2.19. The molecule has 166 valence electrons. The molecule has 0 atom stereocenters. The molecule has 2 N–H and O–H groups in total. The van der Waals surface area contributed by atoms with Crippen LogP contribution in [0.25, 0.3) is 0 Å². The van der Waals surface area contributed by atoms with Crippen molar-refractivity contribution in [1.29, 1.82) is 0 Å². The van der Waals surface area contributed by atoms with Gasteiger partial charge in [0.2, 0.25) is 0 Å². The Hall–Kier alpha value is -2.57. The Morgan fingerprint density at radius 1 is 0.935 bits per heavy atom. The number of nitrogens with zero attached hydrogens (tertiary/aromatic N) is 2. The fourth-order valence-corrected chi connectivity index (χ4v) is 3.73. The van der Waals surface area contributed by atoms with Crippen LogP contribution < -0.4 is 15.5 Å². The first-order valence-electron chi connectivity index (χ1n) is 10.8. The van der Waals surface area contributed by atoms with Crippen molar-refractivity contribution in [1.82, 2.24) is 10.2 Å². The number of hydrogen-bond acceptors (Lipinski definition) is 4. The molecule has 0 radical (unpaired) electrons. The normalized spacial score (nSPS) is 14.5. The van der Waals surface area contributed by atoms with E-state index in [1.807, 2.05) is 36.4 Å². The summed E-state index contributed by atoms with van der Waals surface area (Å²) >= 11 is 5.96. The summed E-state index contributed by atoms with van der Waals surface area (Å²) in [6.07, 6.45) is 0.809. The third-order valence-electron chi connectivity index (χ3n) is 5.54. The Balaban J connectivity index is 1.32. The number of anilines is 2. The van der Waals surface area contributed by atoms with Crippen molar-refractivity contribution >= 4 is 34.8 Å². The molecule has 1 aliphatic rings. The molecule has 2 aromatic carbocycles. The highest BCUT2D eigenvalue weighted by atomic mass is 35.5. The van der Waals surface area contributed by atoms with Crippen LogP contribution in [0.4, 0.5) is 11.4 Å². The van der Waals surface area contributed by atoms with Gasteiger partial charge in [-0.15, -0.1) is 0 Å². The van der Waals surface area contributed by atoms with Crippen LogP contribution in [0, 0.1) is 0 Å². The predicted molar refractivity (Wildman–Crippen MR) is 127 cm³/mol. The Kier molecular flexibility index (Phi) is 8.32. The molecule has 1 aliphatic heterocycles. The molecule has 0 saturated carbocycles. The highest BCUT2D eigenvalue weighted by Gasteiger charge is 2.17. The smallest absolute Gasteiger partial charge is 0.313 e. The lowest BCUT2D eigenvalue weighted by Crippen LogP contribution is -2.47. The van der Waals surface area contributed by atoms with Crippen molar-refractivity contribution in [3.05, 3.63) is 59.1 Å². The van der Waals surface area contributed by atoms with Crippen molar-refractivity contribution in [3.8, 4) is 0 Å². The molecule has 0 aliphatic carbocycles. The summed E-state index contributed by atoms with van der Waals surface area (Å²) in [6, 6.07) is 15.5. The van der Waals surface area contributed by atoms with Crippen LogP contribution in [0.3, 0.4) is 0 Å². The second-order valence-corrected chi connectivity index (χ2v) is 8.58. The molecule has 2 amide bonds. The summed E-state index contributed by atoms with van der Waals surface area (Å²) in [5.41, 5.74) is 3.01. The van der Waals surface area contributed by atoms with Crippen molar-refractivity contribution in [3.63, 3.8) is 0 Å². The van der Waals surface area contributed by atoms with Crippen LogP contribution in [0.15, 0.2) is 48.5 Å². The lowest BCUT2D eigenvalue weighted by atomic mass is 10.0. The van der Waals surface area contributed by atoms with Gasteiger partial charge in [0.05, 0.1) is 0 Å². The second-order valence-electron chi connectivity index (χ2n) is 8.15. The summed E-state index contributed by atoms with van der Waals surface area (Å²) in [5.74, 6) is -0.803. The first-order chi connectivity index (χ1) is 14.9. The summed E-state index contributed by atoms with van der Waals surface area (Å²) in [5, 5.41) is 6.11. The average Bonchev–Trinajstić information content (AvgIpc) is 2.78. The molecule has 3 rings (SSSR count). The average molecular weight is 443 g/mol. The van der Waals surface area contributed by atoms with Gasteiger partial charge in [-0.3, -0.25) is 14.5 Å². The third kappa shape index (κ3) is 6.97. The quantitative estimate of drug-likeness (QED) is 0.506. The minimum absolute atomic E-state index is 0.425. The van der Waals surface area contributed by atoms with Gasteiger partial charge >= 0.3 is 11.8 Å². The van der Waals surface area contributed by atoms with E-state index in [1.54, 1.807) is 0 Å². The summed E-state index contributed by atoms with van der Waals surface area (Å²) < 4.78 is 0. The lowest BCUT2D eigenvalue weighted by molar-refractivity contribution is -0.136. The molecule has 0 spiro atoms. The predicted octanol–water partition coefficient (Wildman–Crippen LogP) is 3.73. The van der Waals surface area contributed by atoms with Gasteiger partial charge in [-0.2, -0.15) is 0 Å². The van der Waals surface area contributed by atoms with E-state index in [0.29, 0.717) is 18.2 Å². The first kappa shape index (κ1) is 23.1. The van der Waals surface area contributed by atoms with Gasteiger partial charge in [-0.05, 0) is 60.8 Å². The Morgan fingerprint density at radius 2 is 1.58 bits per heavy atom. The van der Waals surface area contributed by atoms with Crippen LogP contribution >= 0.6 is 11.6 Å². The molecular weight excluding hydrogens is 412 g/mol. The maximum absolute atomic E-state index is 12.1. The standard InChI is InChI=1S/C24H31ClN4O2/c1-18(2)19-4-8-21(9-5-19)27-24(31)23(30)26-12-3-13-28-14-16-29(17-15-28)22-10-6-20(25)7-11-22/h4-11,18H,3,12-17H2,1-2H3,(H,26,30)(H,27,31). The molecule has 2 aromatic rings. The van der Waals surface area contributed by atoms with Crippen LogP contribution in [0.2, 0.25) is 5.02 Å². The van der Waals surface area contributed by atoms with Crippen molar-refractivity contribution < 1.29 is 9.59 Å². The number of carbonyl (C=O) groups is 2. The van der Waals surface area contributed by atoms with Gasteiger partial charge in [0, 0.05) is 49.1 Å². The van der Waals surface area contributed by atoms with Crippen molar-refractivity contribution in [2.24, 2.45) is 0 Å². The summed E-state index contributed by atoms with van der Waals surface area (Å²) in [7, 11) is 0. The van der Waals surface area contributed by atoms with Gasteiger partial charge < -0.3 is 15.5 Å².